The van der Waals surface area contributed by atoms with Crippen LogP contribution in [-0.4, -0.2) is 38.9 Å². The van der Waals surface area contributed by atoms with Crippen LogP contribution in [-0.2, 0) is 19.6 Å². The lowest BCUT2D eigenvalue weighted by molar-refractivity contribution is -0.146. The number of methoxy groups -OCH3 is 1. The third-order valence-corrected chi connectivity index (χ3v) is 7.70. The minimum absolute atomic E-state index is 0.105. The number of rotatable bonds is 6. The standard InChI is InChI=1S/C22H35NO4S/c1-14(2)18-12-19(15(3)4)21(20(13-18)16(5)6)28(25,26)23-10-8-17(9-11-23)22(24)27-7/h12-17H,8-11H2,1-7H3. The number of sulfonamides is 1. The first-order valence-corrected chi connectivity index (χ1v) is 11.7. The minimum Gasteiger partial charge on any atom is -0.469 e. The van der Waals surface area contributed by atoms with Crippen LogP contribution in [0.15, 0.2) is 17.0 Å². The highest BCUT2D eigenvalue weighted by atomic mass is 32.2. The maximum atomic E-state index is 13.7. The Labute approximate surface area is 170 Å². The van der Waals surface area contributed by atoms with Crippen LogP contribution in [0.5, 0.6) is 0 Å². The number of esters is 1. The molecule has 5 nitrogen and oxygen atoms in total. The number of carbonyl (C=O) groups excluding carboxylic acids is 1. The average molecular weight is 410 g/mol. The molecule has 1 saturated heterocycles. The highest BCUT2D eigenvalue weighted by Crippen LogP contribution is 2.37. The first-order chi connectivity index (χ1) is 13.0. The van der Waals surface area contributed by atoms with E-state index in [2.05, 4.69) is 26.0 Å². The molecular formula is C22H35NO4S. The second-order valence-electron chi connectivity index (χ2n) is 8.69. The fraction of sp³-hybridized carbons (Fsp3) is 0.682. The molecule has 28 heavy (non-hydrogen) atoms. The van der Waals surface area contributed by atoms with Crippen molar-refractivity contribution in [2.75, 3.05) is 20.2 Å². The third-order valence-electron chi connectivity index (χ3n) is 5.67. The molecular weight excluding hydrogens is 374 g/mol. The summed E-state index contributed by atoms with van der Waals surface area (Å²) in [5.41, 5.74) is 2.96. The topological polar surface area (TPSA) is 63.7 Å². The Kier molecular flexibility index (Phi) is 7.32. The molecule has 0 bridgehead atoms. The second kappa shape index (κ2) is 8.95. The van der Waals surface area contributed by atoms with Crippen molar-refractivity contribution in [3.8, 4) is 0 Å². The van der Waals surface area contributed by atoms with Crippen molar-refractivity contribution in [2.45, 2.75) is 77.0 Å². The van der Waals surface area contributed by atoms with Crippen molar-refractivity contribution in [3.63, 3.8) is 0 Å². The lowest BCUT2D eigenvalue weighted by Crippen LogP contribution is -2.41. The Morgan fingerprint density at radius 3 is 1.79 bits per heavy atom. The number of hydrogen-bond acceptors (Lipinski definition) is 4. The summed E-state index contributed by atoms with van der Waals surface area (Å²) in [6.45, 7) is 13.2. The smallest absolute Gasteiger partial charge is 0.308 e. The normalized spacial score (nSPS) is 16.9. The van der Waals surface area contributed by atoms with Gasteiger partial charge in [0.1, 0.15) is 0 Å². The van der Waals surface area contributed by atoms with Crippen LogP contribution in [0.1, 0.15) is 88.8 Å². The fourth-order valence-corrected chi connectivity index (χ4v) is 5.95. The quantitative estimate of drug-likeness (QED) is 0.643. The molecule has 0 saturated carbocycles. The van der Waals surface area contributed by atoms with Crippen LogP contribution in [0.2, 0.25) is 0 Å². The highest BCUT2D eigenvalue weighted by Gasteiger charge is 2.36. The molecule has 0 aromatic heterocycles. The Hall–Kier alpha value is -1.40. The second-order valence-corrected chi connectivity index (χ2v) is 10.6. The van der Waals surface area contributed by atoms with E-state index in [1.165, 1.54) is 12.7 Å². The maximum absolute atomic E-state index is 13.7. The van der Waals surface area contributed by atoms with Crippen LogP contribution in [0.4, 0.5) is 0 Å². The van der Waals surface area contributed by atoms with Gasteiger partial charge in [-0.2, -0.15) is 4.31 Å². The van der Waals surface area contributed by atoms with E-state index in [0.29, 0.717) is 36.7 Å². The van der Waals surface area contributed by atoms with Gasteiger partial charge in [0.15, 0.2) is 0 Å². The highest BCUT2D eigenvalue weighted by molar-refractivity contribution is 7.89. The van der Waals surface area contributed by atoms with Crippen LogP contribution in [0.3, 0.4) is 0 Å². The van der Waals surface area contributed by atoms with E-state index >= 15 is 0 Å². The van der Waals surface area contributed by atoms with Crippen molar-refractivity contribution in [2.24, 2.45) is 5.92 Å². The molecule has 1 heterocycles. The lowest BCUT2D eigenvalue weighted by atomic mass is 9.89. The van der Waals surface area contributed by atoms with Gasteiger partial charge in [-0.3, -0.25) is 4.79 Å². The molecule has 0 aliphatic carbocycles. The van der Waals surface area contributed by atoms with Gasteiger partial charge in [0.25, 0.3) is 0 Å². The van der Waals surface area contributed by atoms with E-state index in [0.717, 1.165) is 11.1 Å². The van der Waals surface area contributed by atoms with Gasteiger partial charge in [-0.1, -0.05) is 53.7 Å². The third kappa shape index (κ3) is 4.60. The largest absolute Gasteiger partial charge is 0.469 e. The summed E-state index contributed by atoms with van der Waals surface area (Å²) in [5, 5.41) is 0. The van der Waals surface area contributed by atoms with E-state index in [9.17, 15) is 13.2 Å². The van der Waals surface area contributed by atoms with Gasteiger partial charge >= 0.3 is 5.97 Å². The Morgan fingerprint density at radius 1 is 0.964 bits per heavy atom. The first kappa shape index (κ1) is 22.9. The number of ether oxygens (including phenoxy) is 1. The molecule has 1 aliphatic rings. The van der Waals surface area contributed by atoms with Crippen LogP contribution in [0, 0.1) is 5.92 Å². The van der Waals surface area contributed by atoms with E-state index in [1.807, 2.05) is 27.7 Å². The van der Waals surface area contributed by atoms with Gasteiger partial charge in [-0.05, 0) is 47.3 Å². The van der Waals surface area contributed by atoms with E-state index in [4.69, 9.17) is 4.74 Å². The fourth-order valence-electron chi connectivity index (χ4n) is 3.82. The van der Waals surface area contributed by atoms with Gasteiger partial charge in [0.2, 0.25) is 10.0 Å². The summed E-state index contributed by atoms with van der Waals surface area (Å²) in [4.78, 5) is 12.3. The van der Waals surface area contributed by atoms with Crippen molar-refractivity contribution in [1.29, 1.82) is 0 Å². The summed E-state index contributed by atoms with van der Waals surface area (Å²) < 4.78 is 33.7. The lowest BCUT2D eigenvalue weighted by Gasteiger charge is -2.32. The van der Waals surface area contributed by atoms with Crippen molar-refractivity contribution >= 4 is 16.0 Å². The maximum Gasteiger partial charge on any atom is 0.308 e. The summed E-state index contributed by atoms with van der Waals surface area (Å²) in [7, 11) is -2.25. The Balaban J connectivity index is 2.51. The molecule has 0 amide bonds. The Morgan fingerprint density at radius 2 is 1.43 bits per heavy atom. The zero-order chi connectivity index (χ0) is 21.2. The number of hydrogen-bond donors (Lipinski definition) is 0. The predicted molar refractivity (Wildman–Crippen MR) is 112 cm³/mol. The Bertz CT molecular complexity index is 775. The molecule has 0 radical (unpaired) electrons. The zero-order valence-corrected chi connectivity index (χ0v) is 19.1. The molecule has 1 aromatic carbocycles. The number of piperidine rings is 1. The predicted octanol–water partition coefficient (Wildman–Crippen LogP) is 4.63. The van der Waals surface area contributed by atoms with Crippen molar-refractivity contribution in [3.05, 3.63) is 28.8 Å². The molecule has 0 N–H and O–H groups in total. The number of benzene rings is 1. The van der Waals surface area contributed by atoms with Gasteiger partial charge in [0, 0.05) is 13.1 Å². The molecule has 1 aliphatic heterocycles. The molecule has 158 valence electrons. The van der Waals surface area contributed by atoms with Gasteiger partial charge in [-0.25, -0.2) is 8.42 Å². The zero-order valence-electron chi connectivity index (χ0n) is 18.3. The SMILES string of the molecule is COC(=O)C1CCN(S(=O)(=O)c2c(C(C)C)cc(C(C)C)cc2C(C)C)CC1. The summed E-state index contributed by atoms with van der Waals surface area (Å²) in [6, 6.07) is 4.13. The molecule has 0 unspecified atom stereocenters. The minimum atomic E-state index is -3.63. The van der Waals surface area contributed by atoms with Crippen molar-refractivity contribution < 1.29 is 17.9 Å². The molecule has 2 rings (SSSR count). The molecule has 0 atom stereocenters. The molecule has 6 heteroatoms. The monoisotopic (exact) mass is 409 g/mol. The number of nitrogens with zero attached hydrogens (tertiary/aromatic N) is 1. The summed E-state index contributed by atoms with van der Waals surface area (Å²) in [5.74, 6) is 0.0858. The molecule has 1 fully saturated rings. The van der Waals surface area contributed by atoms with E-state index in [1.54, 1.807) is 4.31 Å². The number of carbonyl (C=O) groups is 1. The summed E-state index contributed by atoms with van der Waals surface area (Å²) in [6.07, 6.45) is 1.01. The van der Waals surface area contributed by atoms with Crippen molar-refractivity contribution in [1.82, 2.24) is 4.31 Å². The van der Waals surface area contributed by atoms with Crippen LogP contribution >= 0.6 is 0 Å². The van der Waals surface area contributed by atoms with Gasteiger partial charge in [0.05, 0.1) is 17.9 Å². The molecule has 0 spiro atoms. The van der Waals surface area contributed by atoms with Crippen LogP contribution < -0.4 is 0 Å². The van der Waals surface area contributed by atoms with Gasteiger partial charge < -0.3 is 4.74 Å². The van der Waals surface area contributed by atoms with E-state index < -0.39 is 10.0 Å². The summed E-state index contributed by atoms with van der Waals surface area (Å²) >= 11 is 0. The van der Waals surface area contributed by atoms with Crippen LogP contribution in [0.25, 0.3) is 0 Å². The average Bonchev–Trinajstić information content (AvgIpc) is 2.66. The molecule has 1 aromatic rings. The first-order valence-electron chi connectivity index (χ1n) is 10.3. The van der Waals surface area contributed by atoms with E-state index in [-0.39, 0.29) is 23.7 Å². The van der Waals surface area contributed by atoms with Gasteiger partial charge in [-0.15, -0.1) is 0 Å².